The molecule has 0 aromatic carbocycles. The minimum atomic E-state index is -0.262. The molecule has 1 fully saturated rings. The molecule has 0 atom stereocenters. The molecule has 4 rings (SSSR count). The van der Waals surface area contributed by atoms with Gasteiger partial charge < -0.3 is 14.6 Å². The van der Waals surface area contributed by atoms with Crippen molar-refractivity contribution < 1.29 is 9.53 Å². The van der Waals surface area contributed by atoms with Gasteiger partial charge in [-0.25, -0.2) is 9.50 Å². The number of nitrogens with one attached hydrogen (secondary N) is 1. The number of carbonyl (C=O) groups is 1. The molecule has 0 aliphatic carbocycles. The van der Waals surface area contributed by atoms with Crippen molar-refractivity contribution in [1.82, 2.24) is 24.5 Å². The van der Waals surface area contributed by atoms with Crippen LogP contribution in [0.15, 0.2) is 41.3 Å². The molecule has 1 N–H and O–H groups in total. The quantitative estimate of drug-likeness (QED) is 0.757. The topological polar surface area (TPSA) is 92.6 Å². The van der Waals surface area contributed by atoms with E-state index in [1.54, 1.807) is 21.5 Å². The smallest absolute Gasteiger partial charge is 0.270 e. The van der Waals surface area contributed by atoms with Crippen LogP contribution in [0.4, 0.5) is 0 Å². The molecule has 0 unspecified atom stereocenters. The number of aromatic nitrogens is 4. The van der Waals surface area contributed by atoms with Crippen LogP contribution in [-0.2, 0) is 0 Å². The lowest BCUT2D eigenvalue weighted by Crippen LogP contribution is -2.40. The van der Waals surface area contributed by atoms with Gasteiger partial charge in [-0.3, -0.25) is 9.59 Å². The number of aryl methyl sites for hydroxylation is 1. The van der Waals surface area contributed by atoms with Crippen molar-refractivity contribution >= 4 is 11.6 Å². The second kappa shape index (κ2) is 7.22. The predicted octanol–water partition coefficient (Wildman–Crippen LogP) is 1.66. The minimum Gasteiger partial charge on any atom is -0.476 e. The summed E-state index contributed by atoms with van der Waals surface area (Å²) in [6.07, 6.45) is 3.57. The van der Waals surface area contributed by atoms with Crippen LogP contribution in [0.5, 0.6) is 5.88 Å². The van der Waals surface area contributed by atoms with E-state index in [2.05, 4.69) is 15.1 Å². The Bertz CT molecular complexity index is 1020. The van der Waals surface area contributed by atoms with Crippen LogP contribution in [0.1, 0.15) is 29.0 Å². The van der Waals surface area contributed by atoms with E-state index < -0.39 is 0 Å². The van der Waals surface area contributed by atoms with Crippen LogP contribution >= 0.6 is 0 Å². The lowest BCUT2D eigenvalue weighted by molar-refractivity contribution is 0.0653. The standard InChI is InChI=1S/C19H21N5O3/c1-13-11-24-16(20-13)5-6-18(22-24)27-12-14-7-9-23(10-8-14)19(26)15-3-2-4-17(25)21-15/h2-6,11,14H,7-10,12H2,1H3,(H,21,25). The molecule has 1 saturated heterocycles. The van der Waals surface area contributed by atoms with Crippen molar-refractivity contribution in [1.29, 1.82) is 0 Å². The van der Waals surface area contributed by atoms with Crippen LogP contribution in [0.3, 0.4) is 0 Å². The number of piperidine rings is 1. The van der Waals surface area contributed by atoms with E-state index in [0.29, 0.717) is 37.2 Å². The molecule has 1 aliphatic rings. The largest absolute Gasteiger partial charge is 0.476 e. The molecule has 27 heavy (non-hydrogen) atoms. The summed E-state index contributed by atoms with van der Waals surface area (Å²) in [7, 11) is 0. The Balaban J connectivity index is 1.31. The SMILES string of the molecule is Cc1cn2nc(OCC3CCN(C(=O)c4cccc(=O)[nH]4)CC3)ccc2n1. The highest BCUT2D eigenvalue weighted by atomic mass is 16.5. The Hall–Kier alpha value is -3.16. The number of hydrogen-bond acceptors (Lipinski definition) is 5. The first-order valence-electron chi connectivity index (χ1n) is 9.03. The summed E-state index contributed by atoms with van der Waals surface area (Å²) in [5.74, 6) is 0.806. The predicted molar refractivity (Wildman–Crippen MR) is 98.9 cm³/mol. The number of H-pyrrole nitrogens is 1. The highest BCUT2D eigenvalue weighted by Crippen LogP contribution is 2.20. The van der Waals surface area contributed by atoms with Gasteiger partial charge in [0.15, 0.2) is 5.65 Å². The summed E-state index contributed by atoms with van der Waals surface area (Å²) in [6.45, 7) is 3.79. The molecule has 8 heteroatoms. The van der Waals surface area contributed by atoms with E-state index in [-0.39, 0.29) is 11.5 Å². The Morgan fingerprint density at radius 3 is 2.85 bits per heavy atom. The van der Waals surface area contributed by atoms with Crippen LogP contribution in [0.25, 0.3) is 5.65 Å². The van der Waals surface area contributed by atoms with Crippen molar-refractivity contribution in [3.63, 3.8) is 0 Å². The third-order valence-corrected chi connectivity index (χ3v) is 4.78. The van der Waals surface area contributed by atoms with Gasteiger partial charge in [-0.2, -0.15) is 0 Å². The third-order valence-electron chi connectivity index (χ3n) is 4.78. The van der Waals surface area contributed by atoms with Gasteiger partial charge in [0.05, 0.1) is 18.5 Å². The zero-order valence-corrected chi connectivity index (χ0v) is 15.1. The number of ether oxygens (including phenoxy) is 1. The number of imidazole rings is 1. The van der Waals surface area contributed by atoms with E-state index in [0.717, 1.165) is 24.2 Å². The van der Waals surface area contributed by atoms with Gasteiger partial charge in [-0.05, 0) is 37.8 Å². The summed E-state index contributed by atoms with van der Waals surface area (Å²) in [5, 5.41) is 4.41. The Morgan fingerprint density at radius 2 is 2.07 bits per heavy atom. The van der Waals surface area contributed by atoms with Crippen LogP contribution in [0.2, 0.25) is 0 Å². The maximum Gasteiger partial charge on any atom is 0.270 e. The van der Waals surface area contributed by atoms with Crippen molar-refractivity contribution in [3.05, 3.63) is 58.3 Å². The number of rotatable bonds is 4. The molecule has 4 heterocycles. The summed E-state index contributed by atoms with van der Waals surface area (Å²) in [6, 6.07) is 8.34. The number of nitrogens with zero attached hydrogens (tertiary/aromatic N) is 4. The number of carbonyl (C=O) groups excluding carboxylic acids is 1. The lowest BCUT2D eigenvalue weighted by Gasteiger charge is -2.31. The van der Waals surface area contributed by atoms with E-state index in [4.69, 9.17) is 4.74 Å². The number of likely N-dealkylation sites (tertiary alicyclic amines) is 1. The fraction of sp³-hybridized carbons (Fsp3) is 0.368. The van der Waals surface area contributed by atoms with E-state index in [1.807, 2.05) is 25.3 Å². The average molecular weight is 367 g/mol. The minimum absolute atomic E-state index is 0.130. The normalized spacial score (nSPS) is 15.2. The second-order valence-corrected chi connectivity index (χ2v) is 6.83. The van der Waals surface area contributed by atoms with Crippen LogP contribution < -0.4 is 10.3 Å². The van der Waals surface area contributed by atoms with Crippen molar-refractivity contribution in [2.75, 3.05) is 19.7 Å². The monoisotopic (exact) mass is 367 g/mol. The van der Waals surface area contributed by atoms with E-state index in [1.165, 1.54) is 6.07 Å². The van der Waals surface area contributed by atoms with Gasteiger partial charge in [0.25, 0.3) is 5.91 Å². The maximum absolute atomic E-state index is 12.5. The van der Waals surface area contributed by atoms with Gasteiger partial charge in [-0.1, -0.05) is 6.07 Å². The number of fused-ring (bicyclic) bond motifs is 1. The van der Waals surface area contributed by atoms with Gasteiger partial charge in [0, 0.05) is 25.2 Å². The van der Waals surface area contributed by atoms with Gasteiger partial charge >= 0.3 is 0 Å². The lowest BCUT2D eigenvalue weighted by atomic mass is 9.97. The zero-order valence-electron chi connectivity index (χ0n) is 15.1. The van der Waals surface area contributed by atoms with E-state index >= 15 is 0 Å². The summed E-state index contributed by atoms with van der Waals surface area (Å²) in [4.78, 5) is 32.6. The molecular formula is C19H21N5O3. The van der Waals surface area contributed by atoms with Gasteiger partial charge in [0.1, 0.15) is 5.69 Å². The Labute approximate surface area is 155 Å². The Morgan fingerprint density at radius 1 is 1.26 bits per heavy atom. The second-order valence-electron chi connectivity index (χ2n) is 6.83. The maximum atomic E-state index is 12.5. The van der Waals surface area contributed by atoms with Crippen molar-refractivity contribution in [2.24, 2.45) is 5.92 Å². The van der Waals surface area contributed by atoms with Gasteiger partial charge in [-0.15, -0.1) is 5.10 Å². The molecule has 1 amide bonds. The molecule has 0 saturated carbocycles. The zero-order chi connectivity index (χ0) is 18.8. The highest BCUT2D eigenvalue weighted by molar-refractivity contribution is 5.92. The number of aromatic amines is 1. The summed E-state index contributed by atoms with van der Waals surface area (Å²) in [5.41, 5.74) is 1.79. The first kappa shape index (κ1) is 17.3. The molecule has 3 aromatic rings. The molecule has 0 radical (unpaired) electrons. The number of pyridine rings is 1. The molecule has 140 valence electrons. The molecular weight excluding hydrogens is 346 g/mol. The third kappa shape index (κ3) is 3.84. The Kier molecular flexibility index (Phi) is 4.62. The van der Waals surface area contributed by atoms with Crippen molar-refractivity contribution in [3.8, 4) is 5.88 Å². The fourth-order valence-corrected chi connectivity index (χ4v) is 3.31. The number of amides is 1. The summed E-state index contributed by atoms with van der Waals surface area (Å²) >= 11 is 0. The van der Waals surface area contributed by atoms with Crippen molar-refractivity contribution in [2.45, 2.75) is 19.8 Å². The first-order valence-corrected chi connectivity index (χ1v) is 9.03. The molecule has 1 aliphatic heterocycles. The number of hydrogen-bond donors (Lipinski definition) is 1. The molecule has 3 aromatic heterocycles. The molecule has 0 spiro atoms. The average Bonchev–Trinajstić information content (AvgIpc) is 3.05. The fourth-order valence-electron chi connectivity index (χ4n) is 3.31. The van der Waals surface area contributed by atoms with Crippen LogP contribution in [0, 0.1) is 12.8 Å². The molecule has 0 bridgehead atoms. The van der Waals surface area contributed by atoms with Gasteiger partial charge in [0.2, 0.25) is 11.4 Å². The summed E-state index contributed by atoms with van der Waals surface area (Å²) < 4.78 is 7.56. The first-order chi connectivity index (χ1) is 13.1. The highest BCUT2D eigenvalue weighted by Gasteiger charge is 2.24. The van der Waals surface area contributed by atoms with Crippen LogP contribution in [-0.4, -0.2) is 50.1 Å². The van der Waals surface area contributed by atoms with E-state index in [9.17, 15) is 9.59 Å². The molecule has 8 nitrogen and oxygen atoms in total.